The summed E-state index contributed by atoms with van der Waals surface area (Å²) < 4.78 is 7.30. The minimum atomic E-state index is -0.162. The van der Waals surface area contributed by atoms with Crippen molar-refractivity contribution >= 4 is 11.6 Å². The van der Waals surface area contributed by atoms with Gasteiger partial charge < -0.3 is 19.6 Å². The molecule has 6 nitrogen and oxygen atoms in total. The summed E-state index contributed by atoms with van der Waals surface area (Å²) in [5.41, 5.74) is 3.24. The first-order valence-electron chi connectivity index (χ1n) is 7.86. The number of hydrogen-bond acceptors (Lipinski definition) is 3. The minimum Gasteiger partial charge on any atom is -0.497 e. The molecule has 1 amide bonds. The van der Waals surface area contributed by atoms with Crippen LogP contribution in [-0.2, 0) is 6.42 Å². The molecule has 0 spiro atoms. The Hall–Kier alpha value is -3.02. The molecule has 0 aliphatic carbocycles. The van der Waals surface area contributed by atoms with E-state index in [1.54, 1.807) is 25.6 Å². The van der Waals surface area contributed by atoms with E-state index < -0.39 is 0 Å². The van der Waals surface area contributed by atoms with Gasteiger partial charge in [0.2, 0.25) is 0 Å². The summed E-state index contributed by atoms with van der Waals surface area (Å²) in [7, 11) is 1.60. The number of anilines is 1. The van der Waals surface area contributed by atoms with Gasteiger partial charge in [-0.3, -0.25) is 4.79 Å². The Morgan fingerprint density at radius 2 is 2.33 bits per heavy atom. The van der Waals surface area contributed by atoms with Crippen LogP contribution in [0.15, 0.2) is 42.9 Å². The van der Waals surface area contributed by atoms with E-state index in [2.05, 4.69) is 26.8 Å². The number of fused-ring (bicyclic) bond motifs is 3. The largest absolute Gasteiger partial charge is 0.497 e. The van der Waals surface area contributed by atoms with E-state index in [-0.39, 0.29) is 5.91 Å². The SMILES string of the molecule is COc1cccc(NC(=O)c2c[nH]c3c2-c2nccn2C(C)C3)c1. The Morgan fingerprint density at radius 3 is 3.17 bits per heavy atom. The normalized spacial score (nSPS) is 15.5. The molecule has 4 rings (SSSR count). The Balaban J connectivity index is 1.68. The lowest BCUT2D eigenvalue weighted by Gasteiger charge is -2.22. The smallest absolute Gasteiger partial charge is 0.257 e. The molecule has 0 radical (unpaired) electrons. The maximum absolute atomic E-state index is 12.8. The summed E-state index contributed by atoms with van der Waals surface area (Å²) in [5, 5.41) is 2.93. The number of benzene rings is 1. The van der Waals surface area contributed by atoms with E-state index >= 15 is 0 Å². The summed E-state index contributed by atoms with van der Waals surface area (Å²) in [5.74, 6) is 1.37. The molecule has 0 bridgehead atoms. The highest BCUT2D eigenvalue weighted by molar-refractivity contribution is 6.08. The number of rotatable bonds is 3. The van der Waals surface area contributed by atoms with Crippen LogP contribution in [0.5, 0.6) is 5.75 Å². The van der Waals surface area contributed by atoms with E-state index in [9.17, 15) is 4.79 Å². The van der Waals surface area contributed by atoms with Crippen molar-refractivity contribution in [3.05, 3.63) is 54.1 Å². The highest BCUT2D eigenvalue weighted by atomic mass is 16.5. The summed E-state index contributed by atoms with van der Waals surface area (Å²) in [4.78, 5) is 20.4. The van der Waals surface area contributed by atoms with Gasteiger partial charge in [-0.05, 0) is 19.1 Å². The Morgan fingerprint density at radius 1 is 1.46 bits per heavy atom. The minimum absolute atomic E-state index is 0.162. The molecule has 122 valence electrons. The first kappa shape index (κ1) is 14.6. The second-order valence-corrected chi connectivity index (χ2v) is 5.95. The van der Waals surface area contributed by atoms with Crippen molar-refractivity contribution in [3.63, 3.8) is 0 Å². The number of imidazole rings is 1. The van der Waals surface area contributed by atoms with Crippen LogP contribution in [0.2, 0.25) is 0 Å². The molecule has 1 unspecified atom stereocenters. The molecule has 0 saturated carbocycles. The highest BCUT2D eigenvalue weighted by Gasteiger charge is 2.28. The fourth-order valence-corrected chi connectivity index (χ4v) is 3.22. The van der Waals surface area contributed by atoms with Crippen molar-refractivity contribution in [2.45, 2.75) is 19.4 Å². The van der Waals surface area contributed by atoms with Crippen molar-refractivity contribution in [1.29, 1.82) is 0 Å². The van der Waals surface area contributed by atoms with Crippen LogP contribution >= 0.6 is 0 Å². The third-order valence-corrected chi connectivity index (χ3v) is 4.40. The van der Waals surface area contributed by atoms with Crippen LogP contribution < -0.4 is 10.1 Å². The molecule has 1 aromatic carbocycles. The molecule has 1 aliphatic rings. The van der Waals surface area contributed by atoms with Crippen LogP contribution in [-0.4, -0.2) is 27.6 Å². The van der Waals surface area contributed by atoms with E-state index in [1.807, 2.05) is 24.4 Å². The number of methoxy groups -OCH3 is 1. The van der Waals surface area contributed by atoms with Crippen LogP contribution in [0.3, 0.4) is 0 Å². The van der Waals surface area contributed by atoms with Gasteiger partial charge in [0.1, 0.15) is 11.6 Å². The fourth-order valence-electron chi connectivity index (χ4n) is 3.22. The zero-order valence-corrected chi connectivity index (χ0v) is 13.5. The number of carbonyl (C=O) groups excluding carboxylic acids is 1. The van der Waals surface area contributed by atoms with E-state index in [0.29, 0.717) is 23.0 Å². The molecule has 3 aromatic rings. The van der Waals surface area contributed by atoms with Crippen molar-refractivity contribution in [2.24, 2.45) is 0 Å². The summed E-state index contributed by atoms with van der Waals surface area (Å²) in [6, 6.07) is 7.63. The van der Waals surface area contributed by atoms with Gasteiger partial charge >= 0.3 is 0 Å². The lowest BCUT2D eigenvalue weighted by molar-refractivity contribution is 0.102. The van der Waals surface area contributed by atoms with Gasteiger partial charge in [-0.1, -0.05) is 6.07 Å². The van der Waals surface area contributed by atoms with Gasteiger partial charge in [-0.15, -0.1) is 0 Å². The quantitative estimate of drug-likeness (QED) is 0.777. The maximum Gasteiger partial charge on any atom is 0.257 e. The van der Waals surface area contributed by atoms with Gasteiger partial charge in [0.15, 0.2) is 0 Å². The number of ether oxygens (including phenoxy) is 1. The van der Waals surface area contributed by atoms with E-state index in [4.69, 9.17) is 4.74 Å². The number of hydrogen-bond donors (Lipinski definition) is 2. The van der Waals surface area contributed by atoms with Gasteiger partial charge in [-0.25, -0.2) is 4.98 Å². The molecule has 1 atom stereocenters. The number of aromatic amines is 1. The van der Waals surface area contributed by atoms with Gasteiger partial charge in [0.05, 0.1) is 18.2 Å². The lowest BCUT2D eigenvalue weighted by atomic mass is 10.0. The molecular formula is C18H18N4O2. The summed E-state index contributed by atoms with van der Waals surface area (Å²) >= 11 is 0. The molecule has 0 fully saturated rings. The monoisotopic (exact) mass is 322 g/mol. The first-order valence-corrected chi connectivity index (χ1v) is 7.86. The number of amides is 1. The summed E-state index contributed by atoms with van der Waals surface area (Å²) in [6.45, 7) is 2.14. The molecule has 6 heteroatoms. The number of aromatic nitrogens is 3. The van der Waals surface area contributed by atoms with Crippen LogP contribution in [0.4, 0.5) is 5.69 Å². The molecule has 0 saturated heterocycles. The maximum atomic E-state index is 12.8. The molecule has 24 heavy (non-hydrogen) atoms. The second-order valence-electron chi connectivity index (χ2n) is 5.95. The first-order chi connectivity index (χ1) is 11.7. The average Bonchev–Trinajstić information content (AvgIpc) is 3.21. The lowest BCUT2D eigenvalue weighted by Crippen LogP contribution is -2.18. The molecular weight excluding hydrogens is 304 g/mol. The molecule has 2 N–H and O–H groups in total. The zero-order valence-electron chi connectivity index (χ0n) is 13.5. The number of H-pyrrole nitrogens is 1. The zero-order chi connectivity index (χ0) is 16.7. The molecule has 2 aromatic heterocycles. The Labute approximate surface area is 139 Å². The van der Waals surface area contributed by atoms with Crippen molar-refractivity contribution < 1.29 is 9.53 Å². The predicted molar refractivity (Wildman–Crippen MR) is 91.4 cm³/mol. The van der Waals surface area contributed by atoms with Gasteiger partial charge in [-0.2, -0.15) is 0 Å². The molecule has 3 heterocycles. The Kier molecular flexibility index (Phi) is 3.37. The van der Waals surface area contributed by atoms with E-state index in [0.717, 1.165) is 23.5 Å². The fraction of sp³-hybridized carbons (Fsp3) is 0.222. The molecule has 1 aliphatic heterocycles. The number of carbonyl (C=O) groups is 1. The second kappa shape index (κ2) is 5.56. The van der Waals surface area contributed by atoms with Crippen LogP contribution in [0, 0.1) is 0 Å². The Bertz CT molecular complexity index is 909. The van der Waals surface area contributed by atoms with Crippen molar-refractivity contribution in [3.8, 4) is 17.1 Å². The topological polar surface area (TPSA) is 71.9 Å². The van der Waals surface area contributed by atoms with Crippen LogP contribution in [0.1, 0.15) is 29.0 Å². The van der Waals surface area contributed by atoms with Crippen molar-refractivity contribution in [1.82, 2.24) is 14.5 Å². The number of nitrogens with zero attached hydrogens (tertiary/aromatic N) is 2. The van der Waals surface area contributed by atoms with Gasteiger partial charge in [0.25, 0.3) is 5.91 Å². The third kappa shape index (κ3) is 2.27. The predicted octanol–water partition coefficient (Wildman–Crippen LogP) is 3.26. The van der Waals surface area contributed by atoms with Crippen molar-refractivity contribution in [2.75, 3.05) is 12.4 Å². The highest BCUT2D eigenvalue weighted by Crippen LogP contribution is 2.35. The van der Waals surface area contributed by atoms with E-state index in [1.165, 1.54) is 0 Å². The average molecular weight is 322 g/mol. The van der Waals surface area contributed by atoms with Gasteiger partial charge in [0, 0.05) is 48.5 Å². The van der Waals surface area contributed by atoms with Crippen LogP contribution in [0.25, 0.3) is 11.4 Å². The third-order valence-electron chi connectivity index (χ3n) is 4.40. The standard InChI is InChI=1S/C18H18N4O2/c1-11-8-15-16(17-19-6-7-22(11)17)14(10-20-15)18(23)21-12-4-3-5-13(9-12)24-2/h3-7,9-11,20H,8H2,1-2H3,(H,21,23). The number of nitrogens with one attached hydrogen (secondary N) is 2. The summed E-state index contributed by atoms with van der Waals surface area (Å²) in [6.07, 6.45) is 6.35.